The molecule has 3 aromatic carbocycles. The Morgan fingerprint density at radius 2 is 1.84 bits per heavy atom. The highest BCUT2D eigenvalue weighted by molar-refractivity contribution is 6.16. The molecule has 126 valence electrons. The number of aliphatic hydroxyl groups excluding tert-OH is 1. The van der Waals surface area contributed by atoms with Gasteiger partial charge < -0.3 is 5.11 Å². The Labute approximate surface area is 144 Å². The van der Waals surface area contributed by atoms with E-state index in [1.807, 2.05) is 36.4 Å². The van der Waals surface area contributed by atoms with Crippen LogP contribution < -0.4 is 0 Å². The van der Waals surface area contributed by atoms with Crippen LogP contribution in [0.3, 0.4) is 0 Å². The summed E-state index contributed by atoms with van der Waals surface area (Å²) in [4.78, 5) is 23.7. The van der Waals surface area contributed by atoms with Crippen molar-refractivity contribution in [2.24, 2.45) is 0 Å². The molecular formula is C20H17NO4. The maximum Gasteiger partial charge on any atom is 0.272 e. The molecule has 0 saturated heterocycles. The third-order valence-corrected chi connectivity index (χ3v) is 4.33. The first-order chi connectivity index (χ1) is 12.0. The maximum atomic E-state index is 13.0. The molecule has 0 aliphatic rings. The second kappa shape index (κ2) is 6.83. The second-order valence-corrected chi connectivity index (χ2v) is 5.97. The van der Waals surface area contributed by atoms with Crippen LogP contribution in [0.2, 0.25) is 0 Å². The first-order valence-corrected chi connectivity index (χ1v) is 7.94. The smallest absolute Gasteiger partial charge is 0.272 e. The molecule has 0 unspecified atom stereocenters. The number of nitro groups is 1. The molecule has 0 bridgehead atoms. The van der Waals surface area contributed by atoms with E-state index in [2.05, 4.69) is 0 Å². The van der Waals surface area contributed by atoms with Crippen molar-refractivity contribution in [1.82, 2.24) is 0 Å². The fourth-order valence-corrected chi connectivity index (χ4v) is 2.93. The van der Waals surface area contributed by atoms with Gasteiger partial charge in [0.2, 0.25) is 0 Å². The zero-order chi connectivity index (χ0) is 18.0. The Hall–Kier alpha value is -3.05. The molecule has 3 rings (SSSR count). The van der Waals surface area contributed by atoms with Gasteiger partial charge in [-0.1, -0.05) is 49.4 Å². The Bertz CT molecular complexity index is 960. The molecular weight excluding hydrogens is 318 g/mol. The first-order valence-electron chi connectivity index (χ1n) is 7.94. The number of rotatable bonds is 5. The summed E-state index contributed by atoms with van der Waals surface area (Å²) in [5.41, 5.74) is 1.20. The number of hydrogen-bond acceptors (Lipinski definition) is 4. The molecule has 1 N–H and O–H groups in total. The van der Waals surface area contributed by atoms with E-state index in [0.717, 1.165) is 10.8 Å². The molecule has 5 nitrogen and oxygen atoms in total. The Balaban J connectivity index is 2.12. The number of nitrogens with zero attached hydrogens (tertiary/aromatic N) is 1. The molecule has 0 saturated carbocycles. The summed E-state index contributed by atoms with van der Waals surface area (Å²) in [5, 5.41) is 22.4. The lowest BCUT2D eigenvalue weighted by molar-refractivity contribution is -0.385. The van der Waals surface area contributed by atoms with Gasteiger partial charge in [-0.25, -0.2) is 0 Å². The standard InChI is InChI=1S/C20H17NO4/c1-13(12-22)18-11-15(9-10-19(18)21(24)25)20(23)17-8-4-6-14-5-2-3-7-16(14)17/h2-11,13,22H,12H2,1H3/t13-/m0/s1. The summed E-state index contributed by atoms with van der Waals surface area (Å²) in [6.07, 6.45) is 0. The van der Waals surface area contributed by atoms with E-state index in [-0.39, 0.29) is 18.1 Å². The Kier molecular flexibility index (Phi) is 4.59. The van der Waals surface area contributed by atoms with Crippen LogP contribution in [0.4, 0.5) is 5.69 Å². The number of aliphatic hydroxyl groups is 1. The monoisotopic (exact) mass is 335 g/mol. The van der Waals surface area contributed by atoms with Crippen LogP contribution in [0, 0.1) is 10.1 Å². The number of benzene rings is 3. The SMILES string of the molecule is C[C@@H](CO)c1cc(C(=O)c2cccc3ccccc23)ccc1[N+](=O)[O-]. The summed E-state index contributed by atoms with van der Waals surface area (Å²) in [7, 11) is 0. The highest BCUT2D eigenvalue weighted by Crippen LogP contribution is 2.29. The van der Waals surface area contributed by atoms with E-state index in [1.165, 1.54) is 18.2 Å². The van der Waals surface area contributed by atoms with Crippen molar-refractivity contribution in [2.45, 2.75) is 12.8 Å². The number of nitro benzene ring substituents is 1. The van der Waals surface area contributed by atoms with Gasteiger partial charge in [-0.3, -0.25) is 14.9 Å². The number of carbonyl (C=O) groups excluding carboxylic acids is 1. The Morgan fingerprint density at radius 1 is 1.12 bits per heavy atom. The average Bonchev–Trinajstić information content (AvgIpc) is 2.65. The van der Waals surface area contributed by atoms with Gasteiger partial charge in [0.1, 0.15) is 0 Å². The van der Waals surface area contributed by atoms with Gasteiger partial charge in [0.25, 0.3) is 5.69 Å². The predicted octanol–water partition coefficient (Wildman–Crippen LogP) is 4.07. The molecule has 0 radical (unpaired) electrons. The van der Waals surface area contributed by atoms with Crippen LogP contribution in [0.25, 0.3) is 10.8 Å². The van der Waals surface area contributed by atoms with Crippen molar-refractivity contribution in [3.8, 4) is 0 Å². The normalized spacial score (nSPS) is 12.1. The fourth-order valence-electron chi connectivity index (χ4n) is 2.93. The molecule has 0 spiro atoms. The minimum atomic E-state index is -0.492. The van der Waals surface area contributed by atoms with E-state index in [9.17, 15) is 20.0 Å². The molecule has 25 heavy (non-hydrogen) atoms. The third-order valence-electron chi connectivity index (χ3n) is 4.33. The third kappa shape index (κ3) is 3.14. The van der Waals surface area contributed by atoms with Crippen molar-refractivity contribution in [3.05, 3.63) is 87.5 Å². The second-order valence-electron chi connectivity index (χ2n) is 5.97. The van der Waals surface area contributed by atoms with Gasteiger partial charge in [-0.15, -0.1) is 0 Å². The summed E-state index contributed by atoms with van der Waals surface area (Å²) < 4.78 is 0. The number of hydrogen-bond donors (Lipinski definition) is 1. The molecule has 0 aromatic heterocycles. The van der Waals surface area contributed by atoms with Crippen LogP contribution in [0.15, 0.2) is 60.7 Å². The summed E-state index contributed by atoms with van der Waals surface area (Å²) in [5.74, 6) is -0.626. The largest absolute Gasteiger partial charge is 0.396 e. The van der Waals surface area contributed by atoms with Crippen molar-refractivity contribution in [1.29, 1.82) is 0 Å². The molecule has 3 aromatic rings. The summed E-state index contributed by atoms with van der Waals surface area (Å²) in [6.45, 7) is 1.46. The van der Waals surface area contributed by atoms with Gasteiger partial charge in [0.15, 0.2) is 5.78 Å². The Morgan fingerprint density at radius 3 is 2.56 bits per heavy atom. The molecule has 0 heterocycles. The van der Waals surface area contributed by atoms with Crippen LogP contribution in [0.5, 0.6) is 0 Å². The van der Waals surface area contributed by atoms with Gasteiger partial charge in [0, 0.05) is 35.3 Å². The van der Waals surface area contributed by atoms with Gasteiger partial charge in [-0.2, -0.15) is 0 Å². The highest BCUT2D eigenvalue weighted by Gasteiger charge is 2.22. The molecule has 0 amide bonds. The molecule has 0 aliphatic carbocycles. The van der Waals surface area contributed by atoms with Crippen molar-refractivity contribution in [3.63, 3.8) is 0 Å². The van der Waals surface area contributed by atoms with E-state index < -0.39 is 10.8 Å². The molecule has 0 fully saturated rings. The van der Waals surface area contributed by atoms with E-state index >= 15 is 0 Å². The lowest BCUT2D eigenvalue weighted by Gasteiger charge is -2.11. The molecule has 5 heteroatoms. The minimum absolute atomic E-state index is 0.0870. The minimum Gasteiger partial charge on any atom is -0.396 e. The topological polar surface area (TPSA) is 80.4 Å². The zero-order valence-corrected chi connectivity index (χ0v) is 13.7. The average molecular weight is 335 g/mol. The van der Waals surface area contributed by atoms with E-state index in [1.54, 1.807) is 13.0 Å². The summed E-state index contributed by atoms with van der Waals surface area (Å²) in [6, 6.07) is 17.4. The van der Waals surface area contributed by atoms with Gasteiger partial charge in [-0.05, 0) is 22.9 Å². The summed E-state index contributed by atoms with van der Waals surface area (Å²) >= 11 is 0. The van der Waals surface area contributed by atoms with Crippen LogP contribution >= 0.6 is 0 Å². The lowest BCUT2D eigenvalue weighted by Crippen LogP contribution is -2.08. The maximum absolute atomic E-state index is 13.0. The highest BCUT2D eigenvalue weighted by atomic mass is 16.6. The molecule has 1 atom stereocenters. The van der Waals surface area contributed by atoms with Crippen molar-refractivity contribution in [2.75, 3.05) is 6.61 Å². The van der Waals surface area contributed by atoms with Gasteiger partial charge >= 0.3 is 0 Å². The van der Waals surface area contributed by atoms with Crippen molar-refractivity contribution < 1.29 is 14.8 Å². The molecule has 0 aliphatic heterocycles. The quantitative estimate of drug-likeness (QED) is 0.433. The lowest BCUT2D eigenvalue weighted by atomic mass is 9.93. The predicted molar refractivity (Wildman–Crippen MR) is 96.0 cm³/mol. The van der Waals surface area contributed by atoms with E-state index in [4.69, 9.17) is 0 Å². The number of ketones is 1. The van der Waals surface area contributed by atoms with E-state index in [0.29, 0.717) is 16.7 Å². The van der Waals surface area contributed by atoms with Crippen molar-refractivity contribution >= 4 is 22.2 Å². The number of fused-ring (bicyclic) bond motifs is 1. The first kappa shape index (κ1) is 16.8. The fraction of sp³-hybridized carbons (Fsp3) is 0.150. The zero-order valence-electron chi connectivity index (χ0n) is 13.7. The van der Waals surface area contributed by atoms with Gasteiger partial charge in [0.05, 0.1) is 4.92 Å². The van der Waals surface area contributed by atoms with Crippen LogP contribution in [0.1, 0.15) is 34.3 Å². The van der Waals surface area contributed by atoms with Crippen LogP contribution in [-0.2, 0) is 0 Å². The van der Waals surface area contributed by atoms with Crippen LogP contribution in [-0.4, -0.2) is 22.4 Å². The number of carbonyl (C=O) groups is 1.